The standard InChI is InChI=1S/C14H20N2O/c1-12(17)13-6-9-16(10-13)8-5-4-7-14(2,3)11-15/h6,9-10H,4-5,7-8H2,1-3H3. The van der Waals surface area contributed by atoms with E-state index in [1.807, 2.05) is 36.9 Å². The molecule has 0 amide bonds. The van der Waals surface area contributed by atoms with Crippen LogP contribution in [0, 0.1) is 16.7 Å². The maximum Gasteiger partial charge on any atom is 0.161 e. The lowest BCUT2D eigenvalue weighted by molar-refractivity contribution is 0.101. The third-order valence-corrected chi connectivity index (χ3v) is 2.93. The normalized spacial score (nSPS) is 11.2. The summed E-state index contributed by atoms with van der Waals surface area (Å²) < 4.78 is 2.04. The number of carbonyl (C=O) groups is 1. The number of rotatable bonds is 6. The topological polar surface area (TPSA) is 45.8 Å². The third-order valence-electron chi connectivity index (χ3n) is 2.93. The van der Waals surface area contributed by atoms with E-state index in [-0.39, 0.29) is 11.2 Å². The lowest BCUT2D eigenvalue weighted by Crippen LogP contribution is -2.07. The third kappa shape index (κ3) is 4.44. The van der Waals surface area contributed by atoms with Crippen LogP contribution in [-0.2, 0) is 6.54 Å². The Morgan fingerprint density at radius 1 is 1.47 bits per heavy atom. The Kier molecular flexibility index (Phi) is 4.51. The van der Waals surface area contributed by atoms with Crippen molar-refractivity contribution in [1.82, 2.24) is 4.57 Å². The van der Waals surface area contributed by atoms with E-state index < -0.39 is 0 Å². The van der Waals surface area contributed by atoms with Gasteiger partial charge >= 0.3 is 0 Å². The average Bonchev–Trinajstić information content (AvgIpc) is 2.73. The zero-order chi connectivity index (χ0) is 12.9. The van der Waals surface area contributed by atoms with Crippen LogP contribution in [0.3, 0.4) is 0 Å². The molecule has 0 unspecified atom stereocenters. The second-order valence-electron chi connectivity index (χ2n) is 5.15. The van der Waals surface area contributed by atoms with Gasteiger partial charge in [-0.15, -0.1) is 0 Å². The molecule has 0 radical (unpaired) electrons. The number of nitriles is 1. The number of aryl methyl sites for hydroxylation is 1. The minimum Gasteiger partial charge on any atom is -0.354 e. The van der Waals surface area contributed by atoms with Gasteiger partial charge in [-0.3, -0.25) is 4.79 Å². The smallest absolute Gasteiger partial charge is 0.161 e. The molecule has 17 heavy (non-hydrogen) atoms. The van der Waals surface area contributed by atoms with Crippen LogP contribution in [0.15, 0.2) is 18.5 Å². The highest BCUT2D eigenvalue weighted by Gasteiger charge is 2.15. The summed E-state index contributed by atoms with van der Waals surface area (Å²) in [6, 6.07) is 4.16. The Morgan fingerprint density at radius 2 is 2.18 bits per heavy atom. The molecule has 3 heteroatoms. The van der Waals surface area contributed by atoms with Crippen molar-refractivity contribution in [2.45, 2.75) is 46.6 Å². The molecule has 1 rings (SSSR count). The van der Waals surface area contributed by atoms with E-state index in [0.29, 0.717) is 0 Å². The number of Topliss-reactive ketones (excluding diaryl/α,β-unsaturated/α-hetero) is 1. The zero-order valence-corrected chi connectivity index (χ0v) is 10.9. The highest BCUT2D eigenvalue weighted by molar-refractivity contribution is 5.93. The van der Waals surface area contributed by atoms with Crippen LogP contribution in [0.2, 0.25) is 0 Å². The molecule has 0 bridgehead atoms. The molecule has 92 valence electrons. The molecular weight excluding hydrogens is 212 g/mol. The summed E-state index contributed by atoms with van der Waals surface area (Å²) in [5.41, 5.74) is 0.545. The van der Waals surface area contributed by atoms with Crippen LogP contribution in [0.1, 0.15) is 50.4 Å². The lowest BCUT2D eigenvalue weighted by Gasteiger charge is -2.14. The molecule has 1 aromatic heterocycles. The fourth-order valence-corrected chi connectivity index (χ4v) is 1.71. The van der Waals surface area contributed by atoms with Crippen LogP contribution in [-0.4, -0.2) is 10.4 Å². The SMILES string of the molecule is CC(=O)c1ccn(CCCCC(C)(C)C#N)c1. The Morgan fingerprint density at radius 3 is 2.71 bits per heavy atom. The Hall–Kier alpha value is -1.56. The summed E-state index contributed by atoms with van der Waals surface area (Å²) in [7, 11) is 0. The zero-order valence-electron chi connectivity index (χ0n) is 10.9. The summed E-state index contributed by atoms with van der Waals surface area (Å²) in [4.78, 5) is 11.1. The largest absolute Gasteiger partial charge is 0.354 e. The van der Waals surface area contributed by atoms with Crippen LogP contribution in [0.25, 0.3) is 0 Å². The summed E-state index contributed by atoms with van der Waals surface area (Å²) in [5.74, 6) is 0.106. The van der Waals surface area contributed by atoms with Gasteiger partial charge in [-0.05, 0) is 39.7 Å². The Bertz CT molecular complexity index is 424. The first-order valence-corrected chi connectivity index (χ1v) is 6.02. The molecule has 0 aliphatic rings. The lowest BCUT2D eigenvalue weighted by atomic mass is 9.89. The predicted octanol–water partition coefficient (Wildman–Crippen LogP) is 3.41. The van der Waals surface area contributed by atoms with E-state index in [4.69, 9.17) is 5.26 Å². The molecule has 1 aromatic rings. The van der Waals surface area contributed by atoms with Gasteiger partial charge in [0.25, 0.3) is 0 Å². The van der Waals surface area contributed by atoms with Crippen molar-refractivity contribution in [2.24, 2.45) is 5.41 Å². The molecule has 0 aliphatic heterocycles. The molecule has 0 aromatic carbocycles. The van der Waals surface area contributed by atoms with Gasteiger partial charge in [0.1, 0.15) is 0 Å². The maximum atomic E-state index is 11.1. The van der Waals surface area contributed by atoms with Gasteiger partial charge in [-0.1, -0.05) is 6.42 Å². The number of nitrogens with zero attached hydrogens (tertiary/aromatic N) is 2. The monoisotopic (exact) mass is 232 g/mol. The molecule has 0 fully saturated rings. The average molecular weight is 232 g/mol. The summed E-state index contributed by atoms with van der Waals surface area (Å²) in [6.45, 7) is 6.43. The van der Waals surface area contributed by atoms with Gasteiger partial charge in [0.05, 0.1) is 11.5 Å². The Balaban J connectivity index is 2.32. The number of aromatic nitrogens is 1. The van der Waals surface area contributed by atoms with Crippen molar-refractivity contribution in [1.29, 1.82) is 5.26 Å². The van der Waals surface area contributed by atoms with Crippen LogP contribution < -0.4 is 0 Å². The first kappa shape index (κ1) is 13.5. The van der Waals surface area contributed by atoms with Crippen molar-refractivity contribution < 1.29 is 4.79 Å². The molecule has 0 atom stereocenters. The van der Waals surface area contributed by atoms with Gasteiger partial charge < -0.3 is 4.57 Å². The van der Waals surface area contributed by atoms with E-state index >= 15 is 0 Å². The molecular formula is C14H20N2O. The highest BCUT2D eigenvalue weighted by Crippen LogP contribution is 2.21. The second kappa shape index (κ2) is 5.67. The maximum absolute atomic E-state index is 11.1. The minimum absolute atomic E-state index is 0.106. The summed E-state index contributed by atoms with van der Waals surface area (Å²) in [6.07, 6.45) is 6.82. The highest BCUT2D eigenvalue weighted by atomic mass is 16.1. The van der Waals surface area contributed by atoms with Gasteiger partial charge in [0, 0.05) is 24.5 Å². The predicted molar refractivity (Wildman–Crippen MR) is 67.7 cm³/mol. The number of hydrogen-bond donors (Lipinski definition) is 0. The number of hydrogen-bond acceptors (Lipinski definition) is 2. The molecule has 1 heterocycles. The summed E-state index contributed by atoms with van der Waals surface area (Å²) in [5, 5.41) is 8.88. The van der Waals surface area contributed by atoms with Crippen molar-refractivity contribution in [3.8, 4) is 6.07 Å². The number of carbonyl (C=O) groups excluding carboxylic acids is 1. The van der Waals surface area contributed by atoms with E-state index in [9.17, 15) is 4.79 Å². The minimum atomic E-state index is -0.221. The molecule has 0 aliphatic carbocycles. The molecule has 0 N–H and O–H groups in total. The molecule has 3 nitrogen and oxygen atoms in total. The van der Waals surface area contributed by atoms with Gasteiger partial charge in [-0.2, -0.15) is 5.26 Å². The van der Waals surface area contributed by atoms with Crippen LogP contribution >= 0.6 is 0 Å². The van der Waals surface area contributed by atoms with Crippen LogP contribution in [0.5, 0.6) is 0 Å². The van der Waals surface area contributed by atoms with E-state index in [1.165, 1.54) is 0 Å². The van der Waals surface area contributed by atoms with E-state index in [2.05, 4.69) is 6.07 Å². The van der Waals surface area contributed by atoms with Gasteiger partial charge in [-0.25, -0.2) is 0 Å². The first-order chi connectivity index (χ1) is 7.94. The molecule has 0 saturated carbocycles. The quantitative estimate of drug-likeness (QED) is 0.557. The van der Waals surface area contributed by atoms with E-state index in [0.717, 1.165) is 31.4 Å². The Labute approximate surface area is 103 Å². The van der Waals surface area contributed by atoms with Crippen molar-refractivity contribution in [2.75, 3.05) is 0 Å². The van der Waals surface area contributed by atoms with Crippen molar-refractivity contribution in [3.63, 3.8) is 0 Å². The summed E-state index contributed by atoms with van der Waals surface area (Å²) >= 11 is 0. The number of ketones is 1. The number of unbranched alkanes of at least 4 members (excludes halogenated alkanes) is 1. The van der Waals surface area contributed by atoms with Gasteiger partial charge in [0.15, 0.2) is 5.78 Å². The van der Waals surface area contributed by atoms with Gasteiger partial charge in [0.2, 0.25) is 0 Å². The van der Waals surface area contributed by atoms with Crippen molar-refractivity contribution in [3.05, 3.63) is 24.0 Å². The van der Waals surface area contributed by atoms with E-state index in [1.54, 1.807) is 6.92 Å². The first-order valence-electron chi connectivity index (χ1n) is 6.02. The fraction of sp³-hybridized carbons (Fsp3) is 0.571. The molecule has 0 saturated heterocycles. The molecule has 0 spiro atoms. The van der Waals surface area contributed by atoms with Crippen molar-refractivity contribution >= 4 is 5.78 Å². The fourth-order valence-electron chi connectivity index (χ4n) is 1.71. The van der Waals surface area contributed by atoms with Crippen LogP contribution in [0.4, 0.5) is 0 Å². The second-order valence-corrected chi connectivity index (χ2v) is 5.15.